The monoisotopic (exact) mass is 286 g/mol. The average Bonchev–Trinajstić information content (AvgIpc) is 2.48. The second-order valence-corrected chi connectivity index (χ2v) is 4.83. The van der Waals surface area contributed by atoms with Crippen LogP contribution in [0.15, 0.2) is 54.6 Å². The molecule has 0 saturated heterocycles. The quantitative estimate of drug-likeness (QED) is 0.820. The summed E-state index contributed by atoms with van der Waals surface area (Å²) in [5.41, 5.74) is 3.11. The van der Waals surface area contributed by atoms with Crippen molar-refractivity contribution >= 4 is 5.97 Å². The summed E-state index contributed by atoms with van der Waals surface area (Å²) >= 11 is 0. The predicted octanol–water partition coefficient (Wildman–Crippen LogP) is 2.41. The molecule has 0 spiro atoms. The minimum absolute atomic E-state index is 0.0235. The minimum Gasteiger partial charge on any atom is -0.480 e. The molecule has 0 heterocycles. The second-order valence-electron chi connectivity index (χ2n) is 4.83. The summed E-state index contributed by atoms with van der Waals surface area (Å²) in [7, 11) is 0. The van der Waals surface area contributed by atoms with Gasteiger partial charge in [-0.2, -0.15) is 0 Å². The number of aliphatic carboxylic acids is 1. The van der Waals surface area contributed by atoms with Crippen molar-refractivity contribution < 1.29 is 19.7 Å². The molecule has 1 unspecified atom stereocenters. The van der Waals surface area contributed by atoms with Crippen molar-refractivity contribution in [3.8, 4) is 0 Å². The number of aliphatic hydroxyl groups is 1. The molecule has 2 aromatic carbocycles. The van der Waals surface area contributed by atoms with Crippen molar-refractivity contribution in [2.24, 2.45) is 0 Å². The number of carboxylic acids is 1. The molecule has 0 aromatic heterocycles. The highest BCUT2D eigenvalue weighted by Crippen LogP contribution is 2.16. The van der Waals surface area contributed by atoms with Crippen LogP contribution in [0.1, 0.15) is 22.8 Å². The molecule has 2 aromatic rings. The zero-order valence-electron chi connectivity index (χ0n) is 11.6. The summed E-state index contributed by atoms with van der Waals surface area (Å²) in [6, 6.07) is 17.7. The molecule has 110 valence electrons. The largest absolute Gasteiger partial charge is 0.480 e. The van der Waals surface area contributed by atoms with Crippen molar-refractivity contribution in [1.29, 1.82) is 0 Å². The van der Waals surface area contributed by atoms with Crippen LogP contribution < -0.4 is 0 Å². The third kappa shape index (κ3) is 5.02. The number of ether oxygens (including phenoxy) is 1. The highest BCUT2D eigenvalue weighted by molar-refractivity contribution is 5.67. The zero-order valence-corrected chi connectivity index (χ0v) is 11.6. The SMILES string of the molecule is O=C(O)COCC(O)c1ccc(Cc2ccccc2)cc1. The van der Waals surface area contributed by atoms with Gasteiger partial charge in [-0.3, -0.25) is 0 Å². The highest BCUT2D eigenvalue weighted by Gasteiger charge is 2.09. The molecule has 0 bridgehead atoms. The number of aliphatic hydroxyl groups excluding tert-OH is 1. The Labute approximate surface area is 123 Å². The van der Waals surface area contributed by atoms with E-state index in [0.717, 1.165) is 17.5 Å². The molecule has 0 aliphatic carbocycles. The molecule has 0 amide bonds. The van der Waals surface area contributed by atoms with E-state index >= 15 is 0 Å². The third-order valence-electron chi connectivity index (χ3n) is 3.12. The van der Waals surface area contributed by atoms with Crippen LogP contribution in [0.5, 0.6) is 0 Å². The van der Waals surface area contributed by atoms with Crippen LogP contribution in [0.3, 0.4) is 0 Å². The van der Waals surface area contributed by atoms with Gasteiger partial charge < -0.3 is 14.9 Å². The molecule has 2 N–H and O–H groups in total. The van der Waals surface area contributed by atoms with Crippen molar-refractivity contribution in [2.75, 3.05) is 13.2 Å². The Bertz CT molecular complexity index is 563. The fourth-order valence-electron chi connectivity index (χ4n) is 2.04. The highest BCUT2D eigenvalue weighted by atomic mass is 16.5. The smallest absolute Gasteiger partial charge is 0.329 e. The summed E-state index contributed by atoms with van der Waals surface area (Å²) in [5, 5.41) is 18.4. The van der Waals surface area contributed by atoms with Gasteiger partial charge in [0.05, 0.1) is 6.61 Å². The van der Waals surface area contributed by atoms with Crippen LogP contribution in [0.4, 0.5) is 0 Å². The lowest BCUT2D eigenvalue weighted by Crippen LogP contribution is -2.13. The first-order chi connectivity index (χ1) is 10.1. The molecule has 4 heteroatoms. The maximum absolute atomic E-state index is 10.3. The number of benzene rings is 2. The standard InChI is InChI=1S/C17H18O4/c18-16(11-21-12-17(19)20)15-8-6-14(7-9-15)10-13-4-2-1-3-5-13/h1-9,16,18H,10-12H2,(H,19,20). The summed E-state index contributed by atoms with van der Waals surface area (Å²) in [6.07, 6.45) is 0.0299. The molecule has 21 heavy (non-hydrogen) atoms. The molecule has 1 atom stereocenters. The lowest BCUT2D eigenvalue weighted by Gasteiger charge is -2.11. The lowest BCUT2D eigenvalue weighted by molar-refractivity contribution is -0.143. The van der Waals surface area contributed by atoms with Gasteiger partial charge in [0.25, 0.3) is 0 Å². The Hall–Kier alpha value is -2.17. The van der Waals surface area contributed by atoms with E-state index < -0.39 is 18.7 Å². The molecule has 4 nitrogen and oxygen atoms in total. The van der Waals surface area contributed by atoms with Crippen molar-refractivity contribution in [1.82, 2.24) is 0 Å². The molecular formula is C17H18O4. The molecule has 0 saturated carbocycles. The van der Waals surface area contributed by atoms with Crippen LogP contribution >= 0.6 is 0 Å². The number of hydrogen-bond acceptors (Lipinski definition) is 3. The van der Waals surface area contributed by atoms with Gasteiger partial charge in [0, 0.05) is 0 Å². The van der Waals surface area contributed by atoms with Gasteiger partial charge in [-0.15, -0.1) is 0 Å². The fourth-order valence-corrected chi connectivity index (χ4v) is 2.04. The van der Waals surface area contributed by atoms with Crippen LogP contribution in [0, 0.1) is 0 Å². The van der Waals surface area contributed by atoms with Gasteiger partial charge in [-0.25, -0.2) is 4.79 Å². The van der Waals surface area contributed by atoms with Gasteiger partial charge >= 0.3 is 5.97 Å². The van der Waals surface area contributed by atoms with Gasteiger partial charge in [0.1, 0.15) is 12.7 Å². The second kappa shape index (κ2) is 7.57. The van der Waals surface area contributed by atoms with E-state index in [1.165, 1.54) is 5.56 Å². The zero-order chi connectivity index (χ0) is 15.1. The summed E-state index contributed by atoms with van der Waals surface area (Å²) in [6.45, 7) is -0.423. The van der Waals surface area contributed by atoms with E-state index in [0.29, 0.717) is 0 Å². The topological polar surface area (TPSA) is 66.8 Å². The molecule has 0 radical (unpaired) electrons. The van der Waals surface area contributed by atoms with Gasteiger partial charge in [0.2, 0.25) is 0 Å². The van der Waals surface area contributed by atoms with E-state index in [1.54, 1.807) is 0 Å². The number of rotatable bonds is 7. The maximum Gasteiger partial charge on any atom is 0.329 e. The molecular weight excluding hydrogens is 268 g/mol. The van der Waals surface area contributed by atoms with Crippen molar-refractivity contribution in [2.45, 2.75) is 12.5 Å². The average molecular weight is 286 g/mol. The molecule has 0 fully saturated rings. The van der Waals surface area contributed by atoms with Crippen LogP contribution in [-0.2, 0) is 16.0 Å². The van der Waals surface area contributed by atoms with E-state index in [4.69, 9.17) is 9.84 Å². The number of hydrogen-bond donors (Lipinski definition) is 2. The van der Waals surface area contributed by atoms with Crippen LogP contribution in [0.2, 0.25) is 0 Å². The number of carbonyl (C=O) groups is 1. The maximum atomic E-state index is 10.3. The van der Waals surface area contributed by atoms with Crippen molar-refractivity contribution in [3.63, 3.8) is 0 Å². The Morgan fingerprint density at radius 1 is 1.00 bits per heavy atom. The van der Waals surface area contributed by atoms with Gasteiger partial charge in [-0.05, 0) is 23.1 Å². The van der Waals surface area contributed by atoms with Crippen molar-refractivity contribution in [3.05, 3.63) is 71.3 Å². The first kappa shape index (κ1) is 15.2. The Kier molecular flexibility index (Phi) is 5.49. The molecule has 2 rings (SSSR count). The van der Waals surface area contributed by atoms with Gasteiger partial charge in [0.15, 0.2) is 0 Å². The Morgan fingerprint density at radius 2 is 1.62 bits per heavy atom. The van der Waals surface area contributed by atoms with E-state index in [-0.39, 0.29) is 6.61 Å². The lowest BCUT2D eigenvalue weighted by atomic mass is 10.0. The molecule has 0 aliphatic rings. The normalized spacial score (nSPS) is 12.0. The predicted molar refractivity (Wildman–Crippen MR) is 79.1 cm³/mol. The van der Waals surface area contributed by atoms with Gasteiger partial charge in [-0.1, -0.05) is 54.6 Å². The van der Waals surface area contributed by atoms with Crippen LogP contribution in [0.25, 0.3) is 0 Å². The minimum atomic E-state index is -1.04. The fraction of sp³-hybridized carbons (Fsp3) is 0.235. The molecule has 0 aliphatic heterocycles. The van der Waals surface area contributed by atoms with E-state index in [9.17, 15) is 9.90 Å². The number of carboxylic acid groups (broad SMARTS) is 1. The Balaban J connectivity index is 1.90. The van der Waals surface area contributed by atoms with E-state index in [2.05, 4.69) is 12.1 Å². The summed E-state index contributed by atoms with van der Waals surface area (Å²) in [5.74, 6) is -1.04. The summed E-state index contributed by atoms with van der Waals surface area (Å²) < 4.78 is 4.89. The first-order valence-electron chi connectivity index (χ1n) is 6.75. The van der Waals surface area contributed by atoms with E-state index in [1.807, 2.05) is 42.5 Å². The summed E-state index contributed by atoms with van der Waals surface area (Å²) in [4.78, 5) is 10.3. The third-order valence-corrected chi connectivity index (χ3v) is 3.12. The van der Waals surface area contributed by atoms with Crippen LogP contribution in [-0.4, -0.2) is 29.4 Å². The Morgan fingerprint density at radius 3 is 2.24 bits per heavy atom. The first-order valence-corrected chi connectivity index (χ1v) is 6.75.